The van der Waals surface area contributed by atoms with Crippen molar-refractivity contribution in [3.63, 3.8) is 0 Å². The zero-order valence-corrected chi connectivity index (χ0v) is 15.6. The van der Waals surface area contributed by atoms with Crippen LogP contribution in [0.5, 0.6) is 0 Å². The van der Waals surface area contributed by atoms with Crippen molar-refractivity contribution in [2.75, 3.05) is 24.6 Å². The van der Waals surface area contributed by atoms with Gasteiger partial charge in [-0.3, -0.25) is 4.98 Å². The highest BCUT2D eigenvalue weighted by molar-refractivity contribution is 7.98. The highest BCUT2D eigenvalue weighted by atomic mass is 32.2. The molecule has 4 nitrogen and oxygen atoms in total. The van der Waals surface area contributed by atoms with Crippen LogP contribution in [-0.4, -0.2) is 29.7 Å². The Labute approximate surface area is 162 Å². The second-order valence-electron chi connectivity index (χ2n) is 6.35. The number of nitrogens with zero attached hydrogens (tertiary/aromatic N) is 3. The van der Waals surface area contributed by atoms with Gasteiger partial charge in [-0.1, -0.05) is 42.5 Å². The fourth-order valence-corrected chi connectivity index (χ4v) is 3.83. The van der Waals surface area contributed by atoms with Crippen LogP contribution in [0.1, 0.15) is 17.2 Å². The number of ether oxygens (including phenoxy) is 1. The average molecular weight is 381 g/mol. The molecule has 2 heterocycles. The second-order valence-corrected chi connectivity index (χ2v) is 7.34. The van der Waals surface area contributed by atoms with Crippen molar-refractivity contribution >= 4 is 17.6 Å². The van der Waals surface area contributed by atoms with Gasteiger partial charge in [0.2, 0.25) is 0 Å². The Morgan fingerprint density at radius 2 is 1.89 bits per heavy atom. The first-order valence-electron chi connectivity index (χ1n) is 8.89. The molecule has 2 aromatic carbocycles. The maximum atomic E-state index is 13.2. The number of hydrogen-bond donors (Lipinski definition) is 0. The molecule has 3 aromatic rings. The smallest absolute Gasteiger partial charge is 0.148 e. The predicted molar refractivity (Wildman–Crippen MR) is 105 cm³/mol. The van der Waals surface area contributed by atoms with E-state index in [1.165, 1.54) is 17.7 Å². The van der Waals surface area contributed by atoms with E-state index >= 15 is 0 Å². The normalized spacial score (nSPS) is 17.1. The topological polar surface area (TPSA) is 38.2 Å². The van der Waals surface area contributed by atoms with Crippen LogP contribution in [0.25, 0.3) is 0 Å². The molecule has 0 saturated carbocycles. The molecule has 138 valence electrons. The van der Waals surface area contributed by atoms with E-state index < -0.39 is 0 Å². The maximum Gasteiger partial charge on any atom is 0.148 e. The quantitative estimate of drug-likeness (QED) is 0.609. The SMILES string of the molecule is Fc1ccc(C2CN(c3cncc(SCc4ccccc4)n3)CCO2)cc1. The summed E-state index contributed by atoms with van der Waals surface area (Å²) in [5.41, 5.74) is 2.24. The van der Waals surface area contributed by atoms with Crippen molar-refractivity contribution in [1.29, 1.82) is 0 Å². The van der Waals surface area contributed by atoms with Gasteiger partial charge in [-0.15, -0.1) is 11.8 Å². The maximum absolute atomic E-state index is 13.2. The molecule has 1 aromatic heterocycles. The molecular formula is C21H20FN3OS. The summed E-state index contributed by atoms with van der Waals surface area (Å²) < 4.78 is 19.0. The Morgan fingerprint density at radius 1 is 1.07 bits per heavy atom. The lowest BCUT2D eigenvalue weighted by atomic mass is 10.1. The molecule has 0 aliphatic carbocycles. The zero-order valence-electron chi connectivity index (χ0n) is 14.8. The van der Waals surface area contributed by atoms with Gasteiger partial charge in [-0.05, 0) is 23.3 Å². The molecule has 1 fully saturated rings. The van der Waals surface area contributed by atoms with Gasteiger partial charge in [0.25, 0.3) is 0 Å². The monoisotopic (exact) mass is 381 g/mol. The number of thioether (sulfide) groups is 1. The molecule has 1 aliphatic heterocycles. The van der Waals surface area contributed by atoms with Crippen molar-refractivity contribution in [2.24, 2.45) is 0 Å². The number of halogens is 1. The largest absolute Gasteiger partial charge is 0.370 e. The van der Waals surface area contributed by atoms with Crippen molar-refractivity contribution in [3.8, 4) is 0 Å². The molecule has 1 unspecified atom stereocenters. The predicted octanol–water partition coefficient (Wildman–Crippen LogP) is 4.49. The molecule has 4 rings (SSSR count). The summed E-state index contributed by atoms with van der Waals surface area (Å²) in [7, 11) is 0. The number of aromatic nitrogens is 2. The van der Waals surface area contributed by atoms with E-state index in [-0.39, 0.29) is 11.9 Å². The molecule has 0 N–H and O–H groups in total. The van der Waals surface area contributed by atoms with Gasteiger partial charge in [0, 0.05) is 18.8 Å². The molecule has 1 aliphatic rings. The van der Waals surface area contributed by atoms with Crippen molar-refractivity contribution < 1.29 is 9.13 Å². The van der Waals surface area contributed by atoms with E-state index in [0.29, 0.717) is 13.2 Å². The minimum Gasteiger partial charge on any atom is -0.370 e. The lowest BCUT2D eigenvalue weighted by molar-refractivity contribution is 0.0394. The third-order valence-corrected chi connectivity index (χ3v) is 5.43. The number of hydrogen-bond acceptors (Lipinski definition) is 5. The van der Waals surface area contributed by atoms with E-state index in [4.69, 9.17) is 9.72 Å². The van der Waals surface area contributed by atoms with Gasteiger partial charge < -0.3 is 9.64 Å². The minimum absolute atomic E-state index is 0.0956. The van der Waals surface area contributed by atoms with E-state index in [1.54, 1.807) is 36.3 Å². The van der Waals surface area contributed by atoms with Crippen LogP contribution in [0, 0.1) is 5.82 Å². The summed E-state index contributed by atoms with van der Waals surface area (Å²) in [5, 5.41) is 0.904. The van der Waals surface area contributed by atoms with Crippen LogP contribution < -0.4 is 4.90 Å². The average Bonchev–Trinajstić information content (AvgIpc) is 2.74. The third kappa shape index (κ3) is 4.64. The third-order valence-electron chi connectivity index (χ3n) is 4.46. The van der Waals surface area contributed by atoms with Gasteiger partial charge in [0.15, 0.2) is 0 Å². The van der Waals surface area contributed by atoms with Crippen LogP contribution in [0.15, 0.2) is 72.0 Å². The minimum atomic E-state index is -0.236. The molecule has 0 amide bonds. The first kappa shape index (κ1) is 17.9. The highest BCUT2D eigenvalue weighted by Gasteiger charge is 2.23. The first-order chi connectivity index (χ1) is 13.3. The molecule has 27 heavy (non-hydrogen) atoms. The molecule has 1 saturated heterocycles. The van der Waals surface area contributed by atoms with Gasteiger partial charge in [-0.25, -0.2) is 9.37 Å². The number of anilines is 1. The van der Waals surface area contributed by atoms with Crippen molar-refractivity contribution in [2.45, 2.75) is 16.9 Å². The van der Waals surface area contributed by atoms with Crippen LogP contribution >= 0.6 is 11.8 Å². The Morgan fingerprint density at radius 3 is 2.70 bits per heavy atom. The Kier molecular flexibility index (Phi) is 5.65. The van der Waals surface area contributed by atoms with Crippen molar-refractivity contribution in [3.05, 3.63) is 83.9 Å². The van der Waals surface area contributed by atoms with Gasteiger partial charge in [0.1, 0.15) is 22.8 Å². The summed E-state index contributed by atoms with van der Waals surface area (Å²) in [4.78, 5) is 11.3. The fraction of sp³-hybridized carbons (Fsp3) is 0.238. The molecular weight excluding hydrogens is 361 g/mol. The fourth-order valence-electron chi connectivity index (χ4n) is 3.03. The first-order valence-corrected chi connectivity index (χ1v) is 9.87. The van der Waals surface area contributed by atoms with Crippen LogP contribution in [-0.2, 0) is 10.5 Å². The van der Waals surface area contributed by atoms with E-state index in [1.807, 2.05) is 18.2 Å². The Hall–Kier alpha value is -2.44. The zero-order chi connectivity index (χ0) is 18.5. The van der Waals surface area contributed by atoms with Crippen LogP contribution in [0.2, 0.25) is 0 Å². The van der Waals surface area contributed by atoms with Crippen molar-refractivity contribution in [1.82, 2.24) is 9.97 Å². The Bertz CT molecular complexity index is 876. The number of benzene rings is 2. The summed E-state index contributed by atoms with van der Waals surface area (Å²) in [6, 6.07) is 16.8. The molecule has 0 spiro atoms. The number of rotatable bonds is 5. The second kappa shape index (κ2) is 8.50. The molecule has 6 heteroatoms. The summed E-state index contributed by atoms with van der Waals surface area (Å²) in [6.45, 7) is 2.04. The van der Waals surface area contributed by atoms with E-state index in [0.717, 1.165) is 28.7 Å². The summed E-state index contributed by atoms with van der Waals surface area (Å²) in [6.07, 6.45) is 3.50. The van der Waals surface area contributed by atoms with Gasteiger partial charge >= 0.3 is 0 Å². The number of morpholine rings is 1. The summed E-state index contributed by atoms with van der Waals surface area (Å²) >= 11 is 1.68. The standard InChI is InChI=1S/C21H20FN3OS/c22-18-8-6-17(7-9-18)19-14-25(10-11-26-19)20-12-23-13-21(24-20)27-15-16-4-2-1-3-5-16/h1-9,12-13,19H,10-11,14-15H2. The lowest BCUT2D eigenvalue weighted by Crippen LogP contribution is -2.39. The molecule has 0 radical (unpaired) electrons. The highest BCUT2D eigenvalue weighted by Crippen LogP contribution is 2.27. The molecule has 1 atom stereocenters. The van der Waals surface area contributed by atoms with Gasteiger partial charge in [-0.2, -0.15) is 0 Å². The van der Waals surface area contributed by atoms with Crippen LogP contribution in [0.4, 0.5) is 10.2 Å². The van der Waals surface area contributed by atoms with E-state index in [2.05, 4.69) is 22.0 Å². The van der Waals surface area contributed by atoms with E-state index in [9.17, 15) is 4.39 Å². The Balaban J connectivity index is 1.44. The van der Waals surface area contributed by atoms with Gasteiger partial charge in [0.05, 0.1) is 19.0 Å². The lowest BCUT2D eigenvalue weighted by Gasteiger charge is -2.33. The van der Waals surface area contributed by atoms with Crippen LogP contribution in [0.3, 0.4) is 0 Å². The molecule has 0 bridgehead atoms. The summed E-state index contributed by atoms with van der Waals surface area (Å²) in [5.74, 6) is 1.48.